The summed E-state index contributed by atoms with van der Waals surface area (Å²) in [6, 6.07) is 12.4. The third-order valence-corrected chi connectivity index (χ3v) is 4.33. The van der Waals surface area contributed by atoms with Gasteiger partial charge >= 0.3 is 6.61 Å². The van der Waals surface area contributed by atoms with Crippen LogP contribution in [-0.2, 0) is 6.42 Å². The van der Waals surface area contributed by atoms with Gasteiger partial charge in [-0.05, 0) is 43.2 Å². The van der Waals surface area contributed by atoms with Crippen molar-refractivity contribution in [2.45, 2.75) is 26.1 Å². The minimum absolute atomic E-state index is 0. The molecule has 0 bridgehead atoms. The van der Waals surface area contributed by atoms with E-state index in [1.807, 2.05) is 31.2 Å². The number of alkyl halides is 2. The van der Waals surface area contributed by atoms with Gasteiger partial charge in [-0.3, -0.25) is 4.99 Å². The lowest BCUT2D eigenvalue weighted by Crippen LogP contribution is -2.42. The number of hydrogen-bond donors (Lipinski definition) is 2. The second-order valence-corrected chi connectivity index (χ2v) is 6.57. The predicted molar refractivity (Wildman–Crippen MR) is 131 cm³/mol. The number of benzene rings is 2. The van der Waals surface area contributed by atoms with Crippen LogP contribution in [0.25, 0.3) is 0 Å². The molecule has 32 heavy (non-hydrogen) atoms. The summed E-state index contributed by atoms with van der Waals surface area (Å²) in [5, 5.41) is 6.39. The van der Waals surface area contributed by atoms with Crippen LogP contribution in [0.15, 0.2) is 47.5 Å². The van der Waals surface area contributed by atoms with Crippen LogP contribution >= 0.6 is 24.0 Å². The molecule has 1 unspecified atom stereocenters. The number of ether oxygens (including phenoxy) is 4. The molecular weight excluding hydrogens is 535 g/mol. The molecule has 0 radical (unpaired) electrons. The van der Waals surface area contributed by atoms with Gasteiger partial charge in [0.1, 0.15) is 6.10 Å². The topological polar surface area (TPSA) is 73.3 Å². The Balaban J connectivity index is 0.00000512. The summed E-state index contributed by atoms with van der Waals surface area (Å²) < 4.78 is 45.9. The fourth-order valence-electron chi connectivity index (χ4n) is 2.83. The van der Waals surface area contributed by atoms with E-state index in [2.05, 4.69) is 20.4 Å². The summed E-state index contributed by atoms with van der Waals surface area (Å²) in [5.74, 6) is 2.22. The highest BCUT2D eigenvalue weighted by atomic mass is 127. The van der Waals surface area contributed by atoms with Gasteiger partial charge in [0, 0.05) is 13.6 Å². The van der Waals surface area contributed by atoms with Crippen molar-refractivity contribution in [2.75, 3.05) is 34.4 Å². The molecule has 1 atom stereocenters. The Hall–Kier alpha value is -2.50. The normalized spacial score (nSPS) is 11.9. The highest BCUT2D eigenvalue weighted by Gasteiger charge is 2.12. The number of aliphatic imine (C=N–C) groups is 1. The maximum atomic E-state index is 12.6. The predicted octanol–water partition coefficient (Wildman–Crippen LogP) is 4.10. The molecule has 0 fully saturated rings. The summed E-state index contributed by atoms with van der Waals surface area (Å²) >= 11 is 0. The number of para-hydroxylation sites is 2. The molecule has 0 aliphatic heterocycles. The van der Waals surface area contributed by atoms with E-state index in [1.54, 1.807) is 32.4 Å². The van der Waals surface area contributed by atoms with Crippen molar-refractivity contribution in [3.05, 3.63) is 48.0 Å². The van der Waals surface area contributed by atoms with E-state index in [-0.39, 0.29) is 41.6 Å². The monoisotopic (exact) mass is 565 g/mol. The Kier molecular flexibility index (Phi) is 12.5. The van der Waals surface area contributed by atoms with Crippen molar-refractivity contribution in [1.82, 2.24) is 10.6 Å². The number of halogens is 3. The molecule has 2 aromatic rings. The van der Waals surface area contributed by atoms with Crippen LogP contribution in [0.3, 0.4) is 0 Å². The van der Waals surface area contributed by atoms with Crippen LogP contribution in [0.5, 0.6) is 23.0 Å². The fourth-order valence-corrected chi connectivity index (χ4v) is 2.83. The van der Waals surface area contributed by atoms with E-state index >= 15 is 0 Å². The number of guanidine groups is 1. The largest absolute Gasteiger partial charge is 0.493 e. The molecule has 0 saturated heterocycles. The fraction of sp³-hybridized carbons (Fsp3) is 0.409. The second kappa shape index (κ2) is 14.5. The molecular formula is C22H30F2IN3O4. The van der Waals surface area contributed by atoms with E-state index in [4.69, 9.17) is 14.2 Å². The van der Waals surface area contributed by atoms with Crippen LogP contribution in [0.1, 0.15) is 12.5 Å². The molecule has 2 aromatic carbocycles. The third-order valence-electron chi connectivity index (χ3n) is 4.33. The van der Waals surface area contributed by atoms with Gasteiger partial charge in [-0.25, -0.2) is 0 Å². The Morgan fingerprint density at radius 3 is 2.22 bits per heavy atom. The molecule has 0 aliphatic rings. The lowest BCUT2D eigenvalue weighted by atomic mass is 10.1. The first-order valence-corrected chi connectivity index (χ1v) is 9.82. The van der Waals surface area contributed by atoms with E-state index in [9.17, 15) is 8.78 Å². The lowest BCUT2D eigenvalue weighted by Gasteiger charge is -2.19. The van der Waals surface area contributed by atoms with Crippen LogP contribution in [-0.4, -0.2) is 53.0 Å². The van der Waals surface area contributed by atoms with Crippen LogP contribution in [0, 0.1) is 0 Å². The Morgan fingerprint density at radius 2 is 1.59 bits per heavy atom. The molecule has 178 valence electrons. The van der Waals surface area contributed by atoms with Crippen molar-refractivity contribution < 1.29 is 27.7 Å². The van der Waals surface area contributed by atoms with Crippen molar-refractivity contribution in [3.8, 4) is 23.0 Å². The van der Waals surface area contributed by atoms with Crippen LogP contribution in [0.2, 0.25) is 0 Å². The van der Waals surface area contributed by atoms with Gasteiger partial charge in [0.05, 0.1) is 20.8 Å². The average Bonchev–Trinajstić information content (AvgIpc) is 2.76. The van der Waals surface area contributed by atoms with Gasteiger partial charge in [-0.15, -0.1) is 24.0 Å². The summed E-state index contributed by atoms with van der Waals surface area (Å²) in [7, 11) is 4.68. The second-order valence-electron chi connectivity index (χ2n) is 6.57. The van der Waals surface area contributed by atoms with Crippen molar-refractivity contribution >= 4 is 29.9 Å². The highest BCUT2D eigenvalue weighted by molar-refractivity contribution is 14.0. The smallest absolute Gasteiger partial charge is 0.387 e. The molecule has 2 N–H and O–H groups in total. The summed E-state index contributed by atoms with van der Waals surface area (Å²) in [6.07, 6.45) is 0.447. The third kappa shape index (κ3) is 8.93. The van der Waals surface area contributed by atoms with Gasteiger partial charge < -0.3 is 29.6 Å². The molecule has 0 heterocycles. The van der Waals surface area contributed by atoms with Gasteiger partial charge in [-0.2, -0.15) is 8.78 Å². The summed E-state index contributed by atoms with van der Waals surface area (Å²) in [5.41, 5.74) is 0.826. The maximum Gasteiger partial charge on any atom is 0.387 e. The zero-order valence-corrected chi connectivity index (χ0v) is 20.9. The molecule has 0 saturated carbocycles. The molecule has 10 heteroatoms. The first kappa shape index (κ1) is 27.5. The van der Waals surface area contributed by atoms with Crippen molar-refractivity contribution in [3.63, 3.8) is 0 Å². The lowest BCUT2D eigenvalue weighted by molar-refractivity contribution is -0.0512. The molecule has 0 amide bonds. The first-order chi connectivity index (χ1) is 15.0. The quantitative estimate of drug-likeness (QED) is 0.243. The minimum atomic E-state index is -2.91. The highest BCUT2D eigenvalue weighted by Crippen LogP contribution is 2.29. The zero-order valence-electron chi connectivity index (χ0n) is 18.6. The number of nitrogens with zero attached hydrogens (tertiary/aromatic N) is 1. The molecule has 2 rings (SSSR count). The van der Waals surface area contributed by atoms with Crippen molar-refractivity contribution in [2.24, 2.45) is 4.99 Å². The number of hydrogen-bond acceptors (Lipinski definition) is 5. The summed E-state index contributed by atoms with van der Waals surface area (Å²) in [6.45, 7) is 0.0914. The van der Waals surface area contributed by atoms with E-state index < -0.39 is 6.61 Å². The van der Waals surface area contributed by atoms with E-state index in [0.29, 0.717) is 37.0 Å². The van der Waals surface area contributed by atoms with Gasteiger partial charge in [0.2, 0.25) is 0 Å². The molecule has 0 spiro atoms. The molecule has 0 aromatic heterocycles. The van der Waals surface area contributed by atoms with Crippen molar-refractivity contribution in [1.29, 1.82) is 0 Å². The van der Waals surface area contributed by atoms with Crippen LogP contribution in [0.4, 0.5) is 8.78 Å². The number of rotatable bonds is 11. The number of nitrogens with one attached hydrogen (secondary N) is 2. The Morgan fingerprint density at radius 1 is 0.938 bits per heavy atom. The summed E-state index contributed by atoms with van der Waals surface area (Å²) in [4.78, 5) is 4.19. The van der Waals surface area contributed by atoms with Gasteiger partial charge in [0.15, 0.2) is 29.0 Å². The number of methoxy groups -OCH3 is 2. The standard InChI is InChI=1S/C22H29F2N3O4.HI/c1-15(30-19-8-6-5-7-17(19)28-3)14-27-22(25-2)26-12-11-16-9-10-18(29-4)20(13-16)31-21(23)24;/h5-10,13,15,21H,11-12,14H2,1-4H3,(H2,25,26,27);1H. The van der Waals surface area contributed by atoms with Crippen LogP contribution < -0.4 is 29.6 Å². The molecule has 7 nitrogen and oxygen atoms in total. The zero-order chi connectivity index (χ0) is 22.6. The minimum Gasteiger partial charge on any atom is -0.493 e. The maximum absolute atomic E-state index is 12.6. The SMILES string of the molecule is CN=C(NCCc1ccc(OC)c(OC(F)F)c1)NCC(C)Oc1ccccc1OC.I. The van der Waals surface area contributed by atoms with E-state index in [1.165, 1.54) is 7.11 Å². The van der Waals surface area contributed by atoms with Gasteiger partial charge in [-0.1, -0.05) is 18.2 Å². The Labute approximate surface area is 204 Å². The average molecular weight is 565 g/mol. The first-order valence-electron chi connectivity index (χ1n) is 9.82. The van der Waals surface area contributed by atoms with E-state index in [0.717, 1.165) is 5.56 Å². The molecule has 0 aliphatic carbocycles. The van der Waals surface area contributed by atoms with Gasteiger partial charge in [0.25, 0.3) is 0 Å². The Bertz CT molecular complexity index is 856.